The standard InChI is InChI=1S/C19H24N2O3/c1-2-21(14-16-10-6-12-23-16)19(22)20-18(17-11-7-13-24-17)15-8-4-3-5-9-15/h3-5,7-9,11,13,16,18H,2,6,10,12,14H2,1H3,(H,20,22)/t16-,18+/m0/s1. The number of hydrogen-bond acceptors (Lipinski definition) is 3. The van der Waals surface area contributed by atoms with Crippen molar-refractivity contribution in [1.82, 2.24) is 10.2 Å². The number of carbonyl (C=O) groups is 1. The van der Waals surface area contributed by atoms with E-state index in [9.17, 15) is 4.79 Å². The molecule has 0 aliphatic carbocycles. The van der Waals surface area contributed by atoms with Crippen molar-refractivity contribution in [3.63, 3.8) is 0 Å². The summed E-state index contributed by atoms with van der Waals surface area (Å²) >= 11 is 0. The molecule has 1 aliphatic rings. The Bertz CT molecular complexity index is 621. The lowest BCUT2D eigenvalue weighted by Gasteiger charge is -2.27. The van der Waals surface area contributed by atoms with Crippen LogP contribution in [0, 0.1) is 0 Å². The fourth-order valence-electron chi connectivity index (χ4n) is 3.02. The molecule has 24 heavy (non-hydrogen) atoms. The Morgan fingerprint density at radius 1 is 1.29 bits per heavy atom. The van der Waals surface area contributed by atoms with Gasteiger partial charge in [0.1, 0.15) is 11.8 Å². The summed E-state index contributed by atoms with van der Waals surface area (Å²) < 4.78 is 11.2. The first-order valence-electron chi connectivity index (χ1n) is 8.53. The number of likely N-dealkylation sites (N-methyl/N-ethyl adjacent to an activating group) is 1. The highest BCUT2D eigenvalue weighted by Gasteiger charge is 2.25. The predicted octanol–water partition coefficient (Wildman–Crippen LogP) is 3.58. The summed E-state index contributed by atoms with van der Waals surface area (Å²) in [6.07, 6.45) is 3.86. The first kappa shape index (κ1) is 16.6. The summed E-state index contributed by atoms with van der Waals surface area (Å²) in [6, 6.07) is 13.2. The number of ether oxygens (including phenoxy) is 1. The molecule has 3 rings (SSSR count). The Morgan fingerprint density at radius 2 is 2.12 bits per heavy atom. The molecule has 1 aliphatic heterocycles. The molecule has 1 saturated heterocycles. The highest BCUT2D eigenvalue weighted by Crippen LogP contribution is 2.23. The molecule has 0 bridgehead atoms. The summed E-state index contributed by atoms with van der Waals surface area (Å²) in [5.41, 5.74) is 0.994. The van der Waals surface area contributed by atoms with Crippen molar-refractivity contribution in [3.8, 4) is 0 Å². The van der Waals surface area contributed by atoms with E-state index in [-0.39, 0.29) is 18.2 Å². The quantitative estimate of drug-likeness (QED) is 0.882. The van der Waals surface area contributed by atoms with Crippen molar-refractivity contribution >= 4 is 6.03 Å². The molecule has 2 aromatic rings. The second kappa shape index (κ2) is 8.02. The van der Waals surface area contributed by atoms with Crippen LogP contribution in [0.15, 0.2) is 53.1 Å². The van der Waals surface area contributed by atoms with Crippen LogP contribution in [0.5, 0.6) is 0 Å². The van der Waals surface area contributed by atoms with Crippen LogP contribution in [-0.4, -0.2) is 36.7 Å². The second-order valence-electron chi connectivity index (χ2n) is 5.98. The third kappa shape index (κ3) is 3.97. The molecule has 1 fully saturated rings. The van der Waals surface area contributed by atoms with Gasteiger partial charge in [0.2, 0.25) is 0 Å². The van der Waals surface area contributed by atoms with Gasteiger partial charge in [0.15, 0.2) is 0 Å². The van der Waals surface area contributed by atoms with Gasteiger partial charge in [-0.2, -0.15) is 0 Å². The maximum atomic E-state index is 12.8. The lowest BCUT2D eigenvalue weighted by Crippen LogP contribution is -2.45. The van der Waals surface area contributed by atoms with E-state index in [1.54, 1.807) is 11.2 Å². The third-order valence-electron chi connectivity index (χ3n) is 4.35. The molecule has 1 aromatic heterocycles. The van der Waals surface area contributed by atoms with E-state index >= 15 is 0 Å². The first-order valence-corrected chi connectivity index (χ1v) is 8.53. The van der Waals surface area contributed by atoms with Gasteiger partial charge in [-0.1, -0.05) is 30.3 Å². The number of amides is 2. The van der Waals surface area contributed by atoms with Crippen LogP contribution in [0.1, 0.15) is 37.1 Å². The zero-order chi connectivity index (χ0) is 16.8. The lowest BCUT2D eigenvalue weighted by molar-refractivity contribution is 0.0822. The number of nitrogens with zero attached hydrogens (tertiary/aromatic N) is 1. The van der Waals surface area contributed by atoms with E-state index in [2.05, 4.69) is 5.32 Å². The third-order valence-corrected chi connectivity index (χ3v) is 4.35. The number of carbonyl (C=O) groups excluding carboxylic acids is 1. The molecule has 5 nitrogen and oxygen atoms in total. The molecule has 5 heteroatoms. The number of nitrogens with one attached hydrogen (secondary N) is 1. The number of urea groups is 1. The maximum absolute atomic E-state index is 12.8. The minimum Gasteiger partial charge on any atom is -0.467 e. The SMILES string of the molecule is CCN(C[C@@H]1CCCO1)C(=O)N[C@H](c1ccccc1)c1ccco1. The maximum Gasteiger partial charge on any atom is 0.318 e. The minimum absolute atomic E-state index is 0.0988. The van der Waals surface area contributed by atoms with Gasteiger partial charge in [-0.3, -0.25) is 0 Å². The lowest BCUT2D eigenvalue weighted by atomic mass is 10.0. The Labute approximate surface area is 142 Å². The second-order valence-corrected chi connectivity index (χ2v) is 5.98. The average molecular weight is 328 g/mol. The number of benzene rings is 1. The van der Waals surface area contributed by atoms with Crippen molar-refractivity contribution < 1.29 is 13.9 Å². The molecule has 0 saturated carbocycles. The summed E-state index contributed by atoms with van der Waals surface area (Å²) in [4.78, 5) is 14.6. The summed E-state index contributed by atoms with van der Waals surface area (Å²) in [5.74, 6) is 0.725. The molecule has 128 valence electrons. The average Bonchev–Trinajstić information content (AvgIpc) is 3.31. The molecule has 0 spiro atoms. The normalized spacial score (nSPS) is 18.3. The summed E-state index contributed by atoms with van der Waals surface area (Å²) in [6.45, 7) is 4.05. The molecule has 0 unspecified atom stereocenters. The fourth-order valence-corrected chi connectivity index (χ4v) is 3.02. The highest BCUT2D eigenvalue weighted by molar-refractivity contribution is 5.75. The molecule has 1 aromatic carbocycles. The Balaban J connectivity index is 1.72. The van der Waals surface area contributed by atoms with Crippen molar-refractivity contribution in [2.45, 2.75) is 31.9 Å². The summed E-state index contributed by atoms with van der Waals surface area (Å²) in [5, 5.41) is 3.10. The number of furan rings is 1. The van der Waals surface area contributed by atoms with Crippen LogP contribution >= 0.6 is 0 Å². The van der Waals surface area contributed by atoms with Crippen molar-refractivity contribution in [1.29, 1.82) is 0 Å². The van der Waals surface area contributed by atoms with Crippen LogP contribution in [0.4, 0.5) is 4.79 Å². The van der Waals surface area contributed by atoms with Crippen molar-refractivity contribution in [3.05, 3.63) is 60.1 Å². The Hall–Kier alpha value is -2.27. The zero-order valence-electron chi connectivity index (χ0n) is 14.0. The van der Waals surface area contributed by atoms with Gasteiger partial charge in [-0.25, -0.2) is 4.79 Å². The molecule has 0 radical (unpaired) electrons. The van der Waals surface area contributed by atoms with E-state index in [0.717, 1.165) is 30.8 Å². The van der Waals surface area contributed by atoms with E-state index in [1.165, 1.54) is 0 Å². The summed E-state index contributed by atoms with van der Waals surface area (Å²) in [7, 11) is 0. The van der Waals surface area contributed by atoms with Gasteiger partial charge in [0, 0.05) is 19.7 Å². The molecule has 2 amide bonds. The topological polar surface area (TPSA) is 54.7 Å². The van der Waals surface area contributed by atoms with Gasteiger partial charge in [-0.15, -0.1) is 0 Å². The Kier molecular flexibility index (Phi) is 5.54. The Morgan fingerprint density at radius 3 is 2.75 bits per heavy atom. The van der Waals surface area contributed by atoms with Gasteiger partial charge < -0.3 is 19.4 Å². The van der Waals surface area contributed by atoms with Crippen LogP contribution in [0.3, 0.4) is 0 Å². The highest BCUT2D eigenvalue weighted by atomic mass is 16.5. The zero-order valence-corrected chi connectivity index (χ0v) is 14.0. The largest absolute Gasteiger partial charge is 0.467 e. The number of rotatable bonds is 6. The van der Waals surface area contributed by atoms with E-state index in [1.807, 2.05) is 49.4 Å². The van der Waals surface area contributed by atoms with Gasteiger partial charge in [0.25, 0.3) is 0 Å². The molecular formula is C19H24N2O3. The van der Waals surface area contributed by atoms with Crippen LogP contribution < -0.4 is 5.32 Å². The molecular weight excluding hydrogens is 304 g/mol. The van der Waals surface area contributed by atoms with Gasteiger partial charge in [-0.05, 0) is 37.5 Å². The molecule has 2 heterocycles. The predicted molar refractivity (Wildman–Crippen MR) is 91.7 cm³/mol. The smallest absolute Gasteiger partial charge is 0.318 e. The van der Waals surface area contributed by atoms with Gasteiger partial charge >= 0.3 is 6.03 Å². The molecule has 1 N–H and O–H groups in total. The van der Waals surface area contributed by atoms with Gasteiger partial charge in [0.05, 0.1) is 12.4 Å². The van der Waals surface area contributed by atoms with Crippen LogP contribution in [-0.2, 0) is 4.74 Å². The number of hydrogen-bond donors (Lipinski definition) is 1. The first-order chi connectivity index (χ1) is 11.8. The fraction of sp³-hybridized carbons (Fsp3) is 0.421. The van der Waals surface area contributed by atoms with Crippen molar-refractivity contribution in [2.75, 3.05) is 19.7 Å². The van der Waals surface area contributed by atoms with Crippen LogP contribution in [0.25, 0.3) is 0 Å². The van der Waals surface area contributed by atoms with E-state index in [4.69, 9.17) is 9.15 Å². The minimum atomic E-state index is -0.299. The van der Waals surface area contributed by atoms with E-state index in [0.29, 0.717) is 13.1 Å². The van der Waals surface area contributed by atoms with E-state index < -0.39 is 0 Å². The molecule has 2 atom stereocenters. The van der Waals surface area contributed by atoms with Crippen LogP contribution in [0.2, 0.25) is 0 Å². The monoisotopic (exact) mass is 328 g/mol. The van der Waals surface area contributed by atoms with Crippen molar-refractivity contribution in [2.24, 2.45) is 0 Å².